The summed E-state index contributed by atoms with van der Waals surface area (Å²) in [5.74, 6) is 0. The summed E-state index contributed by atoms with van der Waals surface area (Å²) in [6, 6.07) is 8.65. The van der Waals surface area contributed by atoms with E-state index >= 15 is 0 Å². The summed E-state index contributed by atoms with van der Waals surface area (Å²) in [5, 5.41) is 6.67. The highest BCUT2D eigenvalue weighted by molar-refractivity contribution is 8.13. The van der Waals surface area contributed by atoms with E-state index in [2.05, 4.69) is 0 Å². The third-order valence-corrected chi connectivity index (χ3v) is 2.03. The van der Waals surface area contributed by atoms with Crippen LogP contribution >= 0.6 is 11.8 Å². The topological polar surface area (TPSA) is 49.9 Å². The Labute approximate surface area is 74.5 Å². The number of rotatable bonds is 2. The number of amidine groups is 1. The molecule has 0 spiro atoms. The lowest BCUT2D eigenvalue weighted by Crippen LogP contribution is -2.05. The van der Waals surface area contributed by atoms with Crippen LogP contribution in [0.5, 0.6) is 0 Å². The molecular formula is C8H9FN2S. The Morgan fingerprint density at radius 1 is 1.42 bits per heavy atom. The first kappa shape index (κ1) is 9.06. The van der Waals surface area contributed by atoms with Crippen molar-refractivity contribution in [2.24, 2.45) is 5.73 Å². The van der Waals surface area contributed by atoms with Crippen molar-refractivity contribution in [3.8, 4) is 0 Å². The molecule has 0 fully saturated rings. The van der Waals surface area contributed by atoms with E-state index in [0.29, 0.717) is 17.3 Å². The fourth-order valence-electron chi connectivity index (χ4n) is 0.784. The molecule has 1 unspecified atom stereocenters. The first-order valence-corrected chi connectivity index (χ1v) is 4.28. The maximum Gasteiger partial charge on any atom is 0.178 e. The van der Waals surface area contributed by atoms with Crippen molar-refractivity contribution in [3.05, 3.63) is 35.9 Å². The van der Waals surface area contributed by atoms with E-state index in [-0.39, 0.29) is 5.17 Å². The quantitative estimate of drug-likeness (QED) is 0.547. The van der Waals surface area contributed by atoms with Crippen LogP contribution in [0, 0.1) is 5.41 Å². The summed E-state index contributed by atoms with van der Waals surface area (Å²) in [4.78, 5) is 0. The molecule has 1 aromatic carbocycles. The second-order valence-corrected chi connectivity index (χ2v) is 3.30. The van der Waals surface area contributed by atoms with Crippen LogP contribution in [0.25, 0.3) is 0 Å². The fraction of sp³-hybridized carbons (Fsp3) is 0.125. The Hall–Kier alpha value is -1.03. The molecule has 1 atom stereocenters. The number of nitrogens with two attached hydrogens (primary N) is 1. The SMILES string of the molecule is N=C(N)SC(F)c1ccccc1. The van der Waals surface area contributed by atoms with Gasteiger partial charge in [0.1, 0.15) is 0 Å². The zero-order valence-corrected chi connectivity index (χ0v) is 7.14. The maximum atomic E-state index is 13.1. The molecule has 3 N–H and O–H groups in total. The van der Waals surface area contributed by atoms with Crippen molar-refractivity contribution in [2.75, 3.05) is 0 Å². The largest absolute Gasteiger partial charge is 0.379 e. The molecular weight excluding hydrogens is 175 g/mol. The summed E-state index contributed by atoms with van der Waals surface area (Å²) < 4.78 is 13.1. The predicted octanol–water partition coefficient (Wildman–Crippen LogP) is 2.28. The van der Waals surface area contributed by atoms with Gasteiger partial charge in [-0.25, -0.2) is 4.39 Å². The Kier molecular flexibility index (Phi) is 3.10. The normalized spacial score (nSPS) is 12.4. The molecule has 0 bridgehead atoms. The van der Waals surface area contributed by atoms with E-state index in [9.17, 15) is 4.39 Å². The van der Waals surface area contributed by atoms with Gasteiger partial charge in [0.2, 0.25) is 0 Å². The molecule has 4 heteroatoms. The zero-order valence-electron chi connectivity index (χ0n) is 6.33. The van der Waals surface area contributed by atoms with Crippen LogP contribution in [0.4, 0.5) is 4.39 Å². The lowest BCUT2D eigenvalue weighted by Gasteiger charge is -2.05. The number of alkyl halides is 1. The van der Waals surface area contributed by atoms with Gasteiger partial charge in [-0.15, -0.1) is 0 Å². The Bertz CT molecular complexity index is 263. The molecule has 2 nitrogen and oxygen atoms in total. The zero-order chi connectivity index (χ0) is 8.97. The van der Waals surface area contributed by atoms with E-state index < -0.39 is 5.50 Å². The first-order valence-electron chi connectivity index (χ1n) is 3.40. The maximum absolute atomic E-state index is 13.1. The molecule has 0 saturated carbocycles. The number of hydrogen-bond acceptors (Lipinski definition) is 2. The van der Waals surface area contributed by atoms with Gasteiger partial charge in [0, 0.05) is 0 Å². The summed E-state index contributed by atoms with van der Waals surface area (Å²) in [7, 11) is 0. The van der Waals surface area contributed by atoms with Crippen LogP contribution in [0.15, 0.2) is 30.3 Å². The number of nitrogens with one attached hydrogen (secondary N) is 1. The molecule has 64 valence electrons. The Balaban J connectivity index is 2.65. The smallest absolute Gasteiger partial charge is 0.178 e. The molecule has 0 aliphatic rings. The van der Waals surface area contributed by atoms with E-state index in [1.165, 1.54) is 0 Å². The highest BCUT2D eigenvalue weighted by Crippen LogP contribution is 2.28. The van der Waals surface area contributed by atoms with Crippen molar-refractivity contribution in [2.45, 2.75) is 5.50 Å². The first-order chi connectivity index (χ1) is 5.70. The van der Waals surface area contributed by atoms with Gasteiger partial charge in [-0.1, -0.05) is 30.3 Å². The minimum Gasteiger partial charge on any atom is -0.379 e. The molecule has 0 heterocycles. The van der Waals surface area contributed by atoms with E-state index in [4.69, 9.17) is 11.1 Å². The Morgan fingerprint density at radius 3 is 2.50 bits per heavy atom. The van der Waals surface area contributed by atoms with Crippen LogP contribution < -0.4 is 5.73 Å². The summed E-state index contributed by atoms with van der Waals surface area (Å²) in [5.41, 5.74) is 4.34. The molecule has 0 saturated heterocycles. The van der Waals surface area contributed by atoms with Gasteiger partial charge in [0.15, 0.2) is 10.7 Å². The van der Waals surface area contributed by atoms with Gasteiger partial charge in [-0.2, -0.15) is 0 Å². The molecule has 0 radical (unpaired) electrons. The van der Waals surface area contributed by atoms with Gasteiger partial charge in [0.25, 0.3) is 0 Å². The van der Waals surface area contributed by atoms with Crippen LogP contribution in [-0.4, -0.2) is 5.17 Å². The van der Waals surface area contributed by atoms with Gasteiger partial charge < -0.3 is 5.73 Å². The lowest BCUT2D eigenvalue weighted by atomic mass is 10.2. The van der Waals surface area contributed by atoms with E-state index in [1.54, 1.807) is 24.3 Å². The van der Waals surface area contributed by atoms with Crippen molar-refractivity contribution in [3.63, 3.8) is 0 Å². The van der Waals surface area contributed by atoms with Gasteiger partial charge in [-0.05, 0) is 17.3 Å². The van der Waals surface area contributed by atoms with Gasteiger partial charge in [-0.3, -0.25) is 5.41 Å². The molecule has 0 aliphatic heterocycles. The van der Waals surface area contributed by atoms with Gasteiger partial charge >= 0.3 is 0 Å². The highest BCUT2D eigenvalue weighted by atomic mass is 32.2. The van der Waals surface area contributed by atoms with Crippen LogP contribution in [0.1, 0.15) is 11.1 Å². The fourth-order valence-corrected chi connectivity index (χ4v) is 1.30. The predicted molar refractivity (Wildman–Crippen MR) is 49.8 cm³/mol. The number of hydrogen-bond donors (Lipinski definition) is 2. The third-order valence-electron chi connectivity index (χ3n) is 1.29. The van der Waals surface area contributed by atoms with Crippen molar-refractivity contribution < 1.29 is 4.39 Å². The minimum atomic E-state index is -1.23. The van der Waals surface area contributed by atoms with Crippen LogP contribution in [0.3, 0.4) is 0 Å². The van der Waals surface area contributed by atoms with Crippen LogP contribution in [0.2, 0.25) is 0 Å². The number of thioether (sulfide) groups is 1. The molecule has 0 aliphatic carbocycles. The van der Waals surface area contributed by atoms with Crippen LogP contribution in [-0.2, 0) is 0 Å². The van der Waals surface area contributed by atoms with E-state index in [0.717, 1.165) is 0 Å². The number of halogens is 1. The lowest BCUT2D eigenvalue weighted by molar-refractivity contribution is 0.471. The summed E-state index contributed by atoms with van der Waals surface area (Å²) in [6.07, 6.45) is 0. The average Bonchev–Trinajstić information content (AvgIpc) is 2.05. The molecule has 1 aromatic rings. The second kappa shape index (κ2) is 4.11. The molecule has 1 rings (SSSR count). The molecule has 0 aromatic heterocycles. The van der Waals surface area contributed by atoms with Crippen molar-refractivity contribution >= 4 is 16.9 Å². The standard InChI is InChI=1S/C8H9FN2S/c9-7(12-8(10)11)6-4-2-1-3-5-6/h1-5,7H,(H3,10,11). The van der Waals surface area contributed by atoms with Crippen molar-refractivity contribution in [1.82, 2.24) is 0 Å². The molecule has 0 amide bonds. The monoisotopic (exact) mass is 184 g/mol. The summed E-state index contributed by atoms with van der Waals surface area (Å²) in [6.45, 7) is 0. The Morgan fingerprint density at radius 2 is 2.00 bits per heavy atom. The minimum absolute atomic E-state index is 0.202. The second-order valence-electron chi connectivity index (χ2n) is 2.21. The van der Waals surface area contributed by atoms with E-state index in [1.807, 2.05) is 6.07 Å². The molecule has 12 heavy (non-hydrogen) atoms. The average molecular weight is 184 g/mol. The summed E-state index contributed by atoms with van der Waals surface area (Å²) >= 11 is 0.702. The van der Waals surface area contributed by atoms with Crippen molar-refractivity contribution in [1.29, 1.82) is 5.41 Å². The van der Waals surface area contributed by atoms with Gasteiger partial charge in [0.05, 0.1) is 0 Å². The number of benzene rings is 1. The highest BCUT2D eigenvalue weighted by Gasteiger charge is 2.10. The third kappa shape index (κ3) is 2.54.